The first-order chi connectivity index (χ1) is 10.4. The number of non-ortho nitro benzene ring substituents is 1. The fraction of sp³-hybridized carbons (Fsp3) is 0.133. The van der Waals surface area contributed by atoms with Gasteiger partial charge in [-0.25, -0.2) is 0 Å². The quantitative estimate of drug-likeness (QED) is 0.365. The molecule has 1 aromatic carbocycles. The Balaban J connectivity index is 2.27. The molecular weight excluding hydrogens is 304 g/mol. The number of hydrogen-bond donors (Lipinski definition) is 0. The number of nitro groups is 1. The van der Waals surface area contributed by atoms with E-state index in [1.807, 2.05) is 6.92 Å². The van der Waals surface area contributed by atoms with Crippen LogP contribution in [0.3, 0.4) is 0 Å². The standard InChI is InChI=1S/C15H10N2O4S/c1-9-2-7-13(22-9)15(19)12(8-16)14(18)10-3-5-11(6-4-10)17(20)21/h2-7,12H,1H3/t12-/m0/s1. The Bertz CT molecular complexity index is 787. The van der Waals surface area contributed by atoms with E-state index in [-0.39, 0.29) is 11.3 Å². The van der Waals surface area contributed by atoms with Gasteiger partial charge in [0.2, 0.25) is 0 Å². The van der Waals surface area contributed by atoms with Gasteiger partial charge in [0, 0.05) is 22.6 Å². The molecule has 0 aliphatic rings. The van der Waals surface area contributed by atoms with Crippen LogP contribution in [-0.2, 0) is 0 Å². The fourth-order valence-corrected chi connectivity index (χ4v) is 2.70. The summed E-state index contributed by atoms with van der Waals surface area (Å²) in [5, 5.41) is 19.7. The summed E-state index contributed by atoms with van der Waals surface area (Å²) in [6, 6.07) is 9.87. The molecule has 0 radical (unpaired) electrons. The summed E-state index contributed by atoms with van der Waals surface area (Å²) in [5.74, 6) is -2.66. The third-order valence-electron chi connectivity index (χ3n) is 3.00. The van der Waals surface area contributed by atoms with Gasteiger partial charge in [-0.15, -0.1) is 11.3 Å². The molecule has 0 N–H and O–H groups in total. The van der Waals surface area contributed by atoms with E-state index in [0.29, 0.717) is 4.88 Å². The van der Waals surface area contributed by atoms with Crippen molar-refractivity contribution >= 4 is 28.6 Å². The number of Topliss-reactive ketones (excluding diaryl/α,β-unsaturated/α-hetero) is 2. The summed E-state index contributed by atoms with van der Waals surface area (Å²) in [6.07, 6.45) is 0. The first-order valence-electron chi connectivity index (χ1n) is 6.23. The van der Waals surface area contributed by atoms with E-state index in [1.165, 1.54) is 35.6 Å². The normalized spacial score (nSPS) is 11.5. The Kier molecular flexibility index (Phi) is 4.44. The molecule has 0 saturated heterocycles. The highest BCUT2D eigenvalue weighted by Crippen LogP contribution is 2.22. The van der Waals surface area contributed by atoms with Gasteiger partial charge in [0.15, 0.2) is 17.5 Å². The van der Waals surface area contributed by atoms with Crippen molar-refractivity contribution in [2.24, 2.45) is 5.92 Å². The highest BCUT2D eigenvalue weighted by Gasteiger charge is 2.29. The van der Waals surface area contributed by atoms with Crippen molar-refractivity contribution < 1.29 is 14.5 Å². The van der Waals surface area contributed by atoms with Crippen molar-refractivity contribution in [1.82, 2.24) is 0 Å². The van der Waals surface area contributed by atoms with Gasteiger partial charge in [-0.1, -0.05) is 0 Å². The maximum Gasteiger partial charge on any atom is 0.269 e. The molecule has 0 bridgehead atoms. The smallest absolute Gasteiger partial charge is 0.269 e. The zero-order valence-electron chi connectivity index (χ0n) is 11.5. The number of nitro benzene ring substituents is 1. The second kappa shape index (κ2) is 6.28. The summed E-state index contributed by atoms with van der Waals surface area (Å²) >= 11 is 1.22. The van der Waals surface area contributed by atoms with Gasteiger partial charge in [-0.05, 0) is 31.2 Å². The largest absolute Gasteiger partial charge is 0.292 e. The number of benzene rings is 1. The molecule has 0 amide bonds. The number of nitriles is 1. The molecule has 0 saturated carbocycles. The summed E-state index contributed by atoms with van der Waals surface area (Å²) in [7, 11) is 0. The molecule has 22 heavy (non-hydrogen) atoms. The van der Waals surface area contributed by atoms with E-state index in [4.69, 9.17) is 5.26 Å². The number of carbonyl (C=O) groups excluding carboxylic acids is 2. The maximum absolute atomic E-state index is 12.3. The van der Waals surface area contributed by atoms with E-state index in [9.17, 15) is 19.7 Å². The zero-order chi connectivity index (χ0) is 16.3. The molecule has 110 valence electrons. The number of thiophene rings is 1. The van der Waals surface area contributed by atoms with Gasteiger partial charge < -0.3 is 0 Å². The predicted octanol–water partition coefficient (Wildman–Crippen LogP) is 3.17. The number of nitrogens with zero attached hydrogens (tertiary/aromatic N) is 2. The lowest BCUT2D eigenvalue weighted by Gasteiger charge is -2.06. The zero-order valence-corrected chi connectivity index (χ0v) is 12.3. The van der Waals surface area contributed by atoms with E-state index in [1.54, 1.807) is 18.2 Å². The van der Waals surface area contributed by atoms with Crippen molar-refractivity contribution in [3.63, 3.8) is 0 Å². The average molecular weight is 314 g/mol. The van der Waals surface area contributed by atoms with Crippen molar-refractivity contribution in [2.45, 2.75) is 6.92 Å². The Morgan fingerprint density at radius 1 is 1.18 bits per heavy atom. The molecule has 6 nitrogen and oxygen atoms in total. The number of rotatable bonds is 5. The van der Waals surface area contributed by atoms with Gasteiger partial charge in [0.25, 0.3) is 5.69 Å². The van der Waals surface area contributed by atoms with Crippen molar-refractivity contribution in [3.8, 4) is 6.07 Å². The molecule has 2 aromatic rings. The van der Waals surface area contributed by atoms with Crippen LogP contribution in [0, 0.1) is 34.3 Å². The molecule has 1 aromatic heterocycles. The first-order valence-corrected chi connectivity index (χ1v) is 7.04. The number of carbonyl (C=O) groups is 2. The number of aryl methyl sites for hydroxylation is 1. The second-order valence-corrected chi connectivity index (χ2v) is 5.79. The summed E-state index contributed by atoms with van der Waals surface area (Å²) in [5.41, 5.74) is -0.0657. The highest BCUT2D eigenvalue weighted by molar-refractivity contribution is 7.14. The van der Waals surface area contributed by atoms with Crippen LogP contribution in [0.1, 0.15) is 24.9 Å². The minimum Gasteiger partial charge on any atom is -0.292 e. The van der Waals surface area contributed by atoms with Crippen LogP contribution >= 0.6 is 11.3 Å². The van der Waals surface area contributed by atoms with Gasteiger partial charge in [0.05, 0.1) is 15.9 Å². The molecule has 0 unspecified atom stereocenters. The molecule has 1 heterocycles. The third kappa shape index (κ3) is 3.07. The van der Waals surface area contributed by atoms with Gasteiger partial charge in [-0.2, -0.15) is 5.26 Å². The van der Waals surface area contributed by atoms with Crippen LogP contribution in [0.4, 0.5) is 5.69 Å². The Labute approximate surface area is 129 Å². The van der Waals surface area contributed by atoms with Crippen LogP contribution < -0.4 is 0 Å². The lowest BCUT2D eigenvalue weighted by Crippen LogP contribution is -2.22. The Morgan fingerprint density at radius 2 is 1.82 bits per heavy atom. The molecule has 2 rings (SSSR count). The van der Waals surface area contributed by atoms with Gasteiger partial charge >= 0.3 is 0 Å². The van der Waals surface area contributed by atoms with E-state index in [0.717, 1.165) is 4.88 Å². The summed E-state index contributed by atoms with van der Waals surface area (Å²) in [4.78, 5) is 35.8. The molecule has 0 aliphatic carbocycles. The van der Waals surface area contributed by atoms with Crippen molar-refractivity contribution in [3.05, 3.63) is 61.8 Å². The van der Waals surface area contributed by atoms with E-state index in [2.05, 4.69) is 0 Å². The average Bonchev–Trinajstić information content (AvgIpc) is 2.94. The summed E-state index contributed by atoms with van der Waals surface area (Å²) in [6.45, 7) is 1.82. The Morgan fingerprint density at radius 3 is 2.27 bits per heavy atom. The van der Waals surface area contributed by atoms with Gasteiger partial charge in [-0.3, -0.25) is 19.7 Å². The lowest BCUT2D eigenvalue weighted by atomic mass is 9.94. The van der Waals surface area contributed by atoms with Crippen LogP contribution in [0.5, 0.6) is 0 Å². The molecular formula is C15H10N2O4S. The first kappa shape index (κ1) is 15.5. The topological polar surface area (TPSA) is 101 Å². The minimum absolute atomic E-state index is 0.0961. The molecule has 0 spiro atoms. The molecule has 7 heteroatoms. The fourth-order valence-electron chi connectivity index (χ4n) is 1.86. The number of ketones is 2. The predicted molar refractivity (Wildman–Crippen MR) is 79.9 cm³/mol. The van der Waals surface area contributed by atoms with Gasteiger partial charge in [0.1, 0.15) is 0 Å². The van der Waals surface area contributed by atoms with E-state index < -0.39 is 22.4 Å². The third-order valence-corrected chi connectivity index (χ3v) is 4.01. The van der Waals surface area contributed by atoms with Crippen LogP contribution in [-0.4, -0.2) is 16.5 Å². The second-order valence-electron chi connectivity index (χ2n) is 4.50. The molecule has 1 atom stereocenters. The highest BCUT2D eigenvalue weighted by atomic mass is 32.1. The van der Waals surface area contributed by atoms with Crippen LogP contribution in [0.15, 0.2) is 36.4 Å². The van der Waals surface area contributed by atoms with Crippen molar-refractivity contribution in [2.75, 3.05) is 0 Å². The Hall–Kier alpha value is -2.85. The SMILES string of the molecule is Cc1ccc(C(=O)[C@@H](C#N)C(=O)c2ccc([N+](=O)[O-])cc2)s1. The minimum atomic E-state index is -1.44. The van der Waals surface area contributed by atoms with E-state index >= 15 is 0 Å². The molecule has 0 aliphatic heterocycles. The summed E-state index contributed by atoms with van der Waals surface area (Å²) < 4.78 is 0. The van der Waals surface area contributed by atoms with Crippen LogP contribution in [0.25, 0.3) is 0 Å². The monoisotopic (exact) mass is 314 g/mol. The number of hydrogen-bond acceptors (Lipinski definition) is 6. The maximum atomic E-state index is 12.3. The van der Waals surface area contributed by atoms with Crippen molar-refractivity contribution in [1.29, 1.82) is 5.26 Å². The van der Waals surface area contributed by atoms with Crippen LogP contribution in [0.2, 0.25) is 0 Å². The lowest BCUT2D eigenvalue weighted by molar-refractivity contribution is -0.384. The molecule has 0 fully saturated rings.